The summed E-state index contributed by atoms with van der Waals surface area (Å²) in [6.45, 7) is 4.12. The smallest absolute Gasteiger partial charge is 0.275 e. The van der Waals surface area contributed by atoms with Crippen molar-refractivity contribution < 1.29 is 14.3 Å². The van der Waals surface area contributed by atoms with Crippen LogP contribution in [0.5, 0.6) is 11.5 Å². The van der Waals surface area contributed by atoms with Crippen molar-refractivity contribution in [1.29, 1.82) is 0 Å². The molecule has 0 unspecified atom stereocenters. The zero-order chi connectivity index (χ0) is 19.9. The van der Waals surface area contributed by atoms with E-state index in [9.17, 15) is 4.79 Å². The molecule has 0 aliphatic rings. The van der Waals surface area contributed by atoms with Gasteiger partial charge in [-0.2, -0.15) is 5.10 Å². The first-order valence-corrected chi connectivity index (χ1v) is 9.27. The molecule has 1 atom stereocenters. The Morgan fingerprint density at radius 3 is 2.43 bits per heavy atom. The van der Waals surface area contributed by atoms with Gasteiger partial charge in [0.2, 0.25) is 0 Å². The number of benzene rings is 3. The molecule has 0 saturated carbocycles. The van der Waals surface area contributed by atoms with Crippen molar-refractivity contribution in [2.45, 2.75) is 26.4 Å². The number of amides is 1. The molecular weight excluding hydrogens is 352 g/mol. The number of nitrogens with zero attached hydrogens (tertiary/aromatic N) is 1. The van der Waals surface area contributed by atoms with Gasteiger partial charge in [-0.05, 0) is 66.1 Å². The highest BCUT2D eigenvalue weighted by molar-refractivity contribution is 6.01. The first-order chi connectivity index (χ1) is 13.6. The molecule has 5 nitrogen and oxygen atoms in total. The van der Waals surface area contributed by atoms with Crippen LogP contribution in [0.25, 0.3) is 10.8 Å². The molecule has 0 radical (unpaired) electrons. The van der Waals surface area contributed by atoms with Gasteiger partial charge in [-0.1, -0.05) is 31.2 Å². The number of ether oxygens (including phenoxy) is 2. The molecule has 0 aromatic heterocycles. The molecule has 1 N–H and O–H groups in total. The summed E-state index contributed by atoms with van der Waals surface area (Å²) >= 11 is 0. The fourth-order valence-corrected chi connectivity index (χ4v) is 2.74. The maximum Gasteiger partial charge on any atom is 0.275 e. The van der Waals surface area contributed by atoms with Gasteiger partial charge in [0.25, 0.3) is 5.91 Å². The highest BCUT2D eigenvalue weighted by atomic mass is 16.5. The molecule has 1 amide bonds. The van der Waals surface area contributed by atoms with Crippen LogP contribution in [0.1, 0.15) is 36.2 Å². The third kappa shape index (κ3) is 4.68. The molecular formula is C23H24N2O3. The SMILES string of the molecule is CC[C@H](C)Oc1ccc(/C=N\NC(=O)c2cc3ccccc3cc2OC)cc1. The van der Waals surface area contributed by atoms with E-state index in [2.05, 4.69) is 17.5 Å². The maximum atomic E-state index is 12.5. The Morgan fingerprint density at radius 2 is 1.79 bits per heavy atom. The second-order valence-electron chi connectivity index (χ2n) is 6.50. The Labute approximate surface area is 165 Å². The van der Waals surface area contributed by atoms with E-state index in [4.69, 9.17) is 9.47 Å². The van der Waals surface area contributed by atoms with Crippen LogP contribution in [0, 0.1) is 0 Å². The number of nitrogens with one attached hydrogen (secondary N) is 1. The molecule has 0 spiro atoms. The molecule has 3 aromatic carbocycles. The van der Waals surface area contributed by atoms with E-state index in [1.807, 2.05) is 61.5 Å². The minimum atomic E-state index is -0.324. The minimum absolute atomic E-state index is 0.177. The molecule has 3 aromatic rings. The Balaban J connectivity index is 1.69. The summed E-state index contributed by atoms with van der Waals surface area (Å²) in [6, 6.07) is 19.0. The summed E-state index contributed by atoms with van der Waals surface area (Å²) in [5, 5.41) is 6.04. The summed E-state index contributed by atoms with van der Waals surface area (Å²) in [5.41, 5.74) is 3.87. The zero-order valence-electron chi connectivity index (χ0n) is 16.3. The molecule has 28 heavy (non-hydrogen) atoms. The largest absolute Gasteiger partial charge is 0.496 e. The van der Waals surface area contributed by atoms with E-state index in [1.165, 1.54) is 0 Å². The number of fused-ring (bicyclic) bond motifs is 1. The van der Waals surface area contributed by atoms with Gasteiger partial charge in [-0.15, -0.1) is 0 Å². The standard InChI is InChI=1S/C23H24N2O3/c1-4-16(2)28-20-11-9-17(10-12-20)15-24-25-23(26)21-13-18-7-5-6-8-19(18)14-22(21)27-3/h5-16H,4H2,1-3H3,(H,25,26)/b24-15-/t16-/m0/s1. The van der Waals surface area contributed by atoms with Gasteiger partial charge >= 0.3 is 0 Å². The van der Waals surface area contributed by atoms with E-state index >= 15 is 0 Å². The van der Waals surface area contributed by atoms with Gasteiger partial charge in [0.15, 0.2) is 0 Å². The molecule has 0 saturated heterocycles. The number of hydrazone groups is 1. The van der Waals surface area contributed by atoms with Gasteiger partial charge in [0.1, 0.15) is 11.5 Å². The summed E-state index contributed by atoms with van der Waals surface area (Å²) in [7, 11) is 1.55. The number of methoxy groups -OCH3 is 1. The molecule has 0 fully saturated rings. The van der Waals surface area contributed by atoms with E-state index in [1.54, 1.807) is 19.4 Å². The topological polar surface area (TPSA) is 59.9 Å². The van der Waals surface area contributed by atoms with Crippen molar-refractivity contribution >= 4 is 22.9 Å². The Hall–Kier alpha value is -3.34. The summed E-state index contributed by atoms with van der Waals surface area (Å²) in [5.74, 6) is 1.00. The lowest BCUT2D eigenvalue weighted by Gasteiger charge is -2.12. The van der Waals surface area contributed by atoms with Crippen molar-refractivity contribution in [3.63, 3.8) is 0 Å². The van der Waals surface area contributed by atoms with Crippen LogP contribution >= 0.6 is 0 Å². The number of hydrogen-bond acceptors (Lipinski definition) is 4. The number of rotatable bonds is 7. The fourth-order valence-electron chi connectivity index (χ4n) is 2.74. The van der Waals surface area contributed by atoms with Crippen LogP contribution < -0.4 is 14.9 Å². The lowest BCUT2D eigenvalue weighted by Crippen LogP contribution is -2.18. The summed E-state index contributed by atoms with van der Waals surface area (Å²) < 4.78 is 11.1. The van der Waals surface area contributed by atoms with Crippen LogP contribution in [0.3, 0.4) is 0 Å². The maximum absolute atomic E-state index is 12.5. The van der Waals surface area contributed by atoms with E-state index in [0.29, 0.717) is 11.3 Å². The molecule has 144 valence electrons. The van der Waals surface area contributed by atoms with Crippen LogP contribution in [-0.2, 0) is 0 Å². The normalized spacial score (nSPS) is 12.1. The number of carbonyl (C=O) groups is 1. The molecule has 0 aliphatic heterocycles. The lowest BCUT2D eigenvalue weighted by atomic mass is 10.1. The van der Waals surface area contributed by atoms with Gasteiger partial charge in [0, 0.05) is 0 Å². The van der Waals surface area contributed by atoms with Crippen molar-refractivity contribution in [2.24, 2.45) is 5.10 Å². The minimum Gasteiger partial charge on any atom is -0.496 e. The van der Waals surface area contributed by atoms with E-state index in [0.717, 1.165) is 28.5 Å². The van der Waals surface area contributed by atoms with Gasteiger partial charge in [-0.25, -0.2) is 5.43 Å². The predicted molar refractivity (Wildman–Crippen MR) is 112 cm³/mol. The molecule has 0 bridgehead atoms. The molecule has 5 heteroatoms. The van der Waals surface area contributed by atoms with Crippen molar-refractivity contribution in [2.75, 3.05) is 7.11 Å². The van der Waals surface area contributed by atoms with Gasteiger partial charge in [0.05, 0.1) is 25.0 Å². The van der Waals surface area contributed by atoms with Crippen LogP contribution in [0.15, 0.2) is 65.8 Å². The van der Waals surface area contributed by atoms with Crippen LogP contribution in [0.4, 0.5) is 0 Å². The molecule has 0 heterocycles. The monoisotopic (exact) mass is 376 g/mol. The summed E-state index contributed by atoms with van der Waals surface area (Å²) in [4.78, 5) is 12.5. The number of carbonyl (C=O) groups excluding carboxylic acids is 1. The Morgan fingerprint density at radius 1 is 1.11 bits per heavy atom. The van der Waals surface area contributed by atoms with Crippen LogP contribution in [-0.4, -0.2) is 25.3 Å². The lowest BCUT2D eigenvalue weighted by molar-refractivity contribution is 0.0952. The average molecular weight is 376 g/mol. The van der Waals surface area contributed by atoms with Gasteiger partial charge in [-0.3, -0.25) is 4.79 Å². The second-order valence-corrected chi connectivity index (χ2v) is 6.50. The predicted octanol–water partition coefficient (Wildman–Crippen LogP) is 4.79. The molecule has 0 aliphatic carbocycles. The third-order valence-electron chi connectivity index (χ3n) is 4.48. The Kier molecular flexibility index (Phi) is 6.27. The first-order valence-electron chi connectivity index (χ1n) is 9.27. The average Bonchev–Trinajstić information content (AvgIpc) is 2.73. The van der Waals surface area contributed by atoms with Gasteiger partial charge < -0.3 is 9.47 Å². The fraction of sp³-hybridized carbons (Fsp3) is 0.217. The summed E-state index contributed by atoms with van der Waals surface area (Å²) in [6.07, 6.45) is 2.72. The first kappa shape index (κ1) is 19.4. The number of hydrogen-bond donors (Lipinski definition) is 1. The van der Waals surface area contributed by atoms with Crippen molar-refractivity contribution in [1.82, 2.24) is 5.43 Å². The van der Waals surface area contributed by atoms with Crippen molar-refractivity contribution in [3.05, 3.63) is 71.8 Å². The zero-order valence-corrected chi connectivity index (χ0v) is 16.3. The second kappa shape index (κ2) is 9.04. The van der Waals surface area contributed by atoms with E-state index in [-0.39, 0.29) is 12.0 Å². The molecule has 3 rings (SSSR count). The third-order valence-corrected chi connectivity index (χ3v) is 4.48. The van der Waals surface area contributed by atoms with E-state index < -0.39 is 0 Å². The quantitative estimate of drug-likeness (QED) is 0.476. The highest BCUT2D eigenvalue weighted by Gasteiger charge is 2.13. The van der Waals surface area contributed by atoms with Crippen molar-refractivity contribution in [3.8, 4) is 11.5 Å². The Bertz CT molecular complexity index is 981. The van der Waals surface area contributed by atoms with Crippen LogP contribution in [0.2, 0.25) is 0 Å². The highest BCUT2D eigenvalue weighted by Crippen LogP contribution is 2.25.